The van der Waals surface area contributed by atoms with Gasteiger partial charge in [0.25, 0.3) is 0 Å². The number of aliphatic carboxylic acids is 1. The van der Waals surface area contributed by atoms with Crippen LogP contribution in [-0.2, 0) is 22.3 Å². The molecule has 0 aliphatic rings. The molecule has 7 nitrogen and oxygen atoms in total. The fourth-order valence-electron chi connectivity index (χ4n) is 1.17. The van der Waals surface area contributed by atoms with Gasteiger partial charge in [0.05, 0.1) is 6.61 Å². The lowest BCUT2D eigenvalue weighted by Gasteiger charge is -2.09. The van der Waals surface area contributed by atoms with E-state index < -0.39 is 36.0 Å². The van der Waals surface area contributed by atoms with Crippen molar-refractivity contribution < 1.29 is 32.6 Å². The fourth-order valence-corrected chi connectivity index (χ4v) is 1.17. The smallest absolute Gasteiger partial charge is 0.435 e. The SMILES string of the molecule is CCOC(=O)c1nnn(CC(=O)O)c1C(F)(F)F. The predicted octanol–water partition coefficient (Wildman–Crippen LogP) is 0.558. The second-order valence-corrected chi connectivity index (χ2v) is 3.06. The average molecular weight is 267 g/mol. The number of hydrogen-bond acceptors (Lipinski definition) is 5. The third-order valence-corrected chi connectivity index (χ3v) is 1.76. The number of ether oxygens (including phenoxy) is 1. The zero-order valence-corrected chi connectivity index (χ0v) is 9.06. The first-order valence-electron chi connectivity index (χ1n) is 4.67. The van der Waals surface area contributed by atoms with E-state index in [4.69, 9.17) is 5.11 Å². The Hall–Kier alpha value is -2.13. The number of carbonyl (C=O) groups excluding carboxylic acids is 1. The van der Waals surface area contributed by atoms with Crippen LogP contribution in [0.1, 0.15) is 23.1 Å². The largest absolute Gasteiger partial charge is 0.480 e. The lowest BCUT2D eigenvalue weighted by atomic mass is 10.3. The molecule has 1 rings (SSSR count). The molecule has 1 heterocycles. The highest BCUT2D eigenvalue weighted by Crippen LogP contribution is 2.31. The molecule has 18 heavy (non-hydrogen) atoms. The minimum Gasteiger partial charge on any atom is -0.480 e. The molecule has 0 spiro atoms. The summed E-state index contributed by atoms with van der Waals surface area (Å²) in [5.74, 6) is -2.85. The highest BCUT2D eigenvalue weighted by atomic mass is 19.4. The highest BCUT2D eigenvalue weighted by molar-refractivity contribution is 5.88. The van der Waals surface area contributed by atoms with Gasteiger partial charge in [0.15, 0.2) is 5.69 Å². The first-order chi connectivity index (χ1) is 8.27. The molecule has 1 aromatic heterocycles. The van der Waals surface area contributed by atoms with E-state index >= 15 is 0 Å². The van der Waals surface area contributed by atoms with Crippen LogP contribution in [0.25, 0.3) is 0 Å². The molecule has 0 aliphatic carbocycles. The number of halogens is 3. The second kappa shape index (κ2) is 5.02. The Kier molecular flexibility index (Phi) is 3.89. The number of hydrogen-bond donors (Lipinski definition) is 1. The lowest BCUT2D eigenvalue weighted by molar-refractivity contribution is -0.147. The molecular weight excluding hydrogens is 259 g/mol. The second-order valence-electron chi connectivity index (χ2n) is 3.06. The highest BCUT2D eigenvalue weighted by Gasteiger charge is 2.42. The van der Waals surface area contributed by atoms with Crippen LogP contribution in [0, 0.1) is 0 Å². The summed E-state index contributed by atoms with van der Waals surface area (Å²) in [7, 11) is 0. The quantitative estimate of drug-likeness (QED) is 0.801. The summed E-state index contributed by atoms with van der Waals surface area (Å²) < 4.78 is 42.5. The van der Waals surface area contributed by atoms with Gasteiger partial charge in [-0.1, -0.05) is 5.21 Å². The molecule has 0 saturated heterocycles. The summed E-state index contributed by atoms with van der Waals surface area (Å²) in [6, 6.07) is 0. The maximum absolute atomic E-state index is 12.7. The van der Waals surface area contributed by atoms with Gasteiger partial charge in [0, 0.05) is 0 Å². The average Bonchev–Trinajstić information content (AvgIpc) is 2.60. The monoisotopic (exact) mass is 267 g/mol. The van der Waals surface area contributed by atoms with Crippen LogP contribution in [0.3, 0.4) is 0 Å². The standard InChI is InChI=1S/C8H8F3N3O4/c1-2-18-7(17)5-6(8(9,10)11)14(13-12-5)3-4(15)16/h2-3H2,1H3,(H,15,16). The maximum atomic E-state index is 12.7. The van der Waals surface area contributed by atoms with Crippen molar-refractivity contribution in [3.05, 3.63) is 11.4 Å². The minimum absolute atomic E-state index is 0.0919. The number of esters is 1. The molecule has 0 aromatic carbocycles. The Morgan fingerprint density at radius 1 is 1.44 bits per heavy atom. The van der Waals surface area contributed by atoms with Gasteiger partial charge < -0.3 is 9.84 Å². The van der Waals surface area contributed by atoms with Crippen LogP contribution in [0.15, 0.2) is 0 Å². The van der Waals surface area contributed by atoms with E-state index in [9.17, 15) is 22.8 Å². The van der Waals surface area contributed by atoms with Crippen LogP contribution < -0.4 is 0 Å². The summed E-state index contributed by atoms with van der Waals surface area (Å²) >= 11 is 0. The van der Waals surface area contributed by atoms with Crippen molar-refractivity contribution in [3.63, 3.8) is 0 Å². The number of carbonyl (C=O) groups is 2. The number of aromatic nitrogens is 3. The molecule has 1 N–H and O–H groups in total. The number of carboxylic acid groups (broad SMARTS) is 1. The van der Waals surface area contributed by atoms with Crippen LogP contribution in [-0.4, -0.2) is 38.6 Å². The van der Waals surface area contributed by atoms with E-state index in [0.29, 0.717) is 0 Å². The molecule has 0 unspecified atom stereocenters. The summed E-state index contributed by atoms with van der Waals surface area (Å²) in [6.45, 7) is 0.218. The summed E-state index contributed by atoms with van der Waals surface area (Å²) in [6.07, 6.45) is -4.96. The van der Waals surface area contributed by atoms with Gasteiger partial charge in [-0.15, -0.1) is 5.10 Å². The summed E-state index contributed by atoms with van der Waals surface area (Å²) in [5, 5.41) is 14.4. The van der Waals surface area contributed by atoms with Crippen molar-refractivity contribution in [2.75, 3.05) is 6.61 Å². The molecule has 0 radical (unpaired) electrons. The first kappa shape index (κ1) is 13.9. The molecule has 0 saturated carbocycles. The van der Waals surface area contributed by atoms with Crippen molar-refractivity contribution in [1.82, 2.24) is 15.0 Å². The Bertz CT molecular complexity index is 469. The lowest BCUT2D eigenvalue weighted by Crippen LogP contribution is -2.22. The minimum atomic E-state index is -4.96. The maximum Gasteiger partial charge on any atom is 0.435 e. The van der Waals surface area contributed by atoms with Crippen molar-refractivity contribution in [2.24, 2.45) is 0 Å². The van der Waals surface area contributed by atoms with E-state index in [1.807, 2.05) is 0 Å². The first-order valence-corrected chi connectivity index (χ1v) is 4.67. The van der Waals surface area contributed by atoms with Crippen molar-refractivity contribution in [2.45, 2.75) is 19.6 Å². The Labute approximate surface area is 98.1 Å². The van der Waals surface area contributed by atoms with Gasteiger partial charge in [-0.3, -0.25) is 4.79 Å². The zero-order chi connectivity index (χ0) is 13.9. The van der Waals surface area contributed by atoms with Crippen molar-refractivity contribution in [3.8, 4) is 0 Å². The van der Waals surface area contributed by atoms with E-state index in [-0.39, 0.29) is 11.3 Å². The molecule has 0 fully saturated rings. The van der Waals surface area contributed by atoms with Crippen LogP contribution >= 0.6 is 0 Å². The molecule has 0 atom stereocenters. The van der Waals surface area contributed by atoms with Gasteiger partial charge in [0.2, 0.25) is 5.69 Å². The summed E-state index contributed by atoms with van der Waals surface area (Å²) in [4.78, 5) is 21.6. The van der Waals surface area contributed by atoms with Gasteiger partial charge in [-0.2, -0.15) is 13.2 Å². The van der Waals surface area contributed by atoms with E-state index in [1.165, 1.54) is 6.92 Å². The zero-order valence-electron chi connectivity index (χ0n) is 9.06. The van der Waals surface area contributed by atoms with Crippen LogP contribution in [0.4, 0.5) is 13.2 Å². The van der Waals surface area contributed by atoms with E-state index in [2.05, 4.69) is 15.0 Å². The third kappa shape index (κ3) is 2.96. The Balaban J connectivity index is 3.24. The predicted molar refractivity (Wildman–Crippen MR) is 48.6 cm³/mol. The molecule has 1 aromatic rings. The van der Waals surface area contributed by atoms with Crippen molar-refractivity contribution in [1.29, 1.82) is 0 Å². The third-order valence-electron chi connectivity index (χ3n) is 1.76. The molecule has 0 aliphatic heterocycles. The Morgan fingerprint density at radius 3 is 2.50 bits per heavy atom. The van der Waals surface area contributed by atoms with E-state index in [0.717, 1.165) is 0 Å². The number of nitrogens with zero attached hydrogens (tertiary/aromatic N) is 3. The Morgan fingerprint density at radius 2 is 2.06 bits per heavy atom. The fraction of sp³-hybridized carbons (Fsp3) is 0.500. The molecule has 0 bridgehead atoms. The number of carboxylic acids is 1. The van der Waals surface area contributed by atoms with Crippen LogP contribution in [0.5, 0.6) is 0 Å². The van der Waals surface area contributed by atoms with Gasteiger partial charge in [-0.05, 0) is 6.92 Å². The number of rotatable bonds is 4. The van der Waals surface area contributed by atoms with Crippen LogP contribution in [0.2, 0.25) is 0 Å². The van der Waals surface area contributed by atoms with Crippen molar-refractivity contribution >= 4 is 11.9 Å². The summed E-state index contributed by atoms with van der Waals surface area (Å²) in [5.41, 5.74) is -2.59. The topological polar surface area (TPSA) is 94.3 Å². The van der Waals surface area contributed by atoms with E-state index in [1.54, 1.807) is 0 Å². The molecule has 100 valence electrons. The number of alkyl halides is 3. The van der Waals surface area contributed by atoms with Gasteiger partial charge in [0.1, 0.15) is 6.54 Å². The molecule has 10 heteroatoms. The molecule has 0 amide bonds. The van der Waals surface area contributed by atoms with Gasteiger partial charge >= 0.3 is 18.1 Å². The normalized spacial score (nSPS) is 11.3. The van der Waals surface area contributed by atoms with Gasteiger partial charge in [-0.25, -0.2) is 9.48 Å². The molecular formula is C8H8F3N3O4.